The lowest BCUT2D eigenvalue weighted by molar-refractivity contribution is -0.122. The van der Waals surface area contributed by atoms with Crippen LogP contribution in [0.2, 0.25) is 0 Å². The fourth-order valence-electron chi connectivity index (χ4n) is 2.61. The van der Waals surface area contributed by atoms with E-state index in [0.29, 0.717) is 5.56 Å². The Labute approximate surface area is 154 Å². The van der Waals surface area contributed by atoms with E-state index in [-0.39, 0.29) is 17.3 Å². The molecule has 1 amide bonds. The van der Waals surface area contributed by atoms with Crippen molar-refractivity contribution in [1.29, 1.82) is 0 Å². The lowest BCUT2D eigenvalue weighted by atomic mass is 10.1. The molecule has 0 bridgehead atoms. The van der Waals surface area contributed by atoms with Gasteiger partial charge in [0.25, 0.3) is 0 Å². The van der Waals surface area contributed by atoms with E-state index in [1.54, 1.807) is 26.0 Å². The maximum Gasteiger partial charge on any atom is 0.240 e. The number of nitrogens with one attached hydrogen (secondary N) is 2. The molecule has 2 aromatic rings. The fraction of sp³-hybridized carbons (Fsp3) is 0.316. The summed E-state index contributed by atoms with van der Waals surface area (Å²) in [6.07, 6.45) is 0. The Morgan fingerprint density at radius 3 is 2.35 bits per heavy atom. The van der Waals surface area contributed by atoms with E-state index in [0.717, 1.165) is 11.1 Å². The van der Waals surface area contributed by atoms with E-state index < -0.39 is 22.1 Å². The number of carbonyl (C=O) groups excluding carboxylic acids is 1. The number of benzene rings is 2. The average molecular weight is 375 g/mol. The molecule has 7 heteroatoms. The van der Waals surface area contributed by atoms with Crippen molar-refractivity contribution in [2.75, 3.05) is 6.54 Å². The average Bonchev–Trinajstić information content (AvgIpc) is 2.58. The second kappa shape index (κ2) is 8.44. The van der Waals surface area contributed by atoms with Crippen LogP contribution in [0.3, 0.4) is 0 Å². The van der Waals surface area contributed by atoms with Gasteiger partial charge < -0.3 is 11.1 Å². The number of amides is 1. The minimum Gasteiger partial charge on any atom is -0.347 e. The summed E-state index contributed by atoms with van der Waals surface area (Å²) >= 11 is 0. The Balaban J connectivity index is 2.21. The Morgan fingerprint density at radius 2 is 1.77 bits per heavy atom. The predicted molar refractivity (Wildman–Crippen MR) is 102 cm³/mol. The molecule has 1 unspecified atom stereocenters. The van der Waals surface area contributed by atoms with Crippen LogP contribution in [0.25, 0.3) is 0 Å². The van der Waals surface area contributed by atoms with Gasteiger partial charge in [-0.05, 0) is 38.0 Å². The molecule has 0 aliphatic carbocycles. The standard InChI is InChI=1S/C19H25N3O3S/c1-13-9-10-18(14(2)11-13)26(24,25)21-12-17(22-19(23)15(3)20)16-7-5-4-6-8-16/h4-11,15,17,21H,12,20H2,1-3H3,(H,22,23)/t15-,17?/m1/s1. The zero-order chi connectivity index (χ0) is 19.3. The van der Waals surface area contributed by atoms with Crippen LogP contribution < -0.4 is 15.8 Å². The molecule has 0 aromatic heterocycles. The molecule has 0 aliphatic rings. The first-order valence-electron chi connectivity index (χ1n) is 8.38. The quantitative estimate of drug-likeness (QED) is 0.687. The van der Waals surface area contributed by atoms with Crippen molar-refractivity contribution in [3.8, 4) is 0 Å². The summed E-state index contributed by atoms with van der Waals surface area (Å²) in [7, 11) is -3.70. The van der Waals surface area contributed by atoms with Gasteiger partial charge in [-0.25, -0.2) is 13.1 Å². The molecule has 26 heavy (non-hydrogen) atoms. The highest BCUT2D eigenvalue weighted by molar-refractivity contribution is 7.89. The summed E-state index contributed by atoms with van der Waals surface area (Å²) < 4.78 is 27.9. The monoisotopic (exact) mass is 375 g/mol. The van der Waals surface area contributed by atoms with Crippen LogP contribution in [0.15, 0.2) is 53.4 Å². The molecule has 0 fully saturated rings. The van der Waals surface area contributed by atoms with Crippen LogP contribution in [-0.2, 0) is 14.8 Å². The fourth-order valence-corrected chi connectivity index (χ4v) is 3.88. The minimum absolute atomic E-state index is 0.0259. The van der Waals surface area contributed by atoms with Crippen molar-refractivity contribution in [3.63, 3.8) is 0 Å². The number of aryl methyl sites for hydroxylation is 2. The molecule has 0 saturated heterocycles. The predicted octanol–water partition coefficient (Wildman–Crippen LogP) is 1.79. The van der Waals surface area contributed by atoms with Crippen LogP contribution in [0.4, 0.5) is 0 Å². The third kappa shape index (κ3) is 5.14. The summed E-state index contributed by atoms with van der Waals surface area (Å²) in [5, 5.41) is 2.79. The SMILES string of the molecule is Cc1ccc(S(=O)(=O)NCC(NC(=O)[C@@H](C)N)c2ccccc2)c(C)c1. The molecule has 140 valence electrons. The van der Waals surface area contributed by atoms with E-state index >= 15 is 0 Å². The zero-order valence-electron chi connectivity index (χ0n) is 15.2. The van der Waals surface area contributed by atoms with Crippen molar-refractivity contribution in [3.05, 3.63) is 65.2 Å². The van der Waals surface area contributed by atoms with Gasteiger partial charge in [0.15, 0.2) is 0 Å². The molecule has 4 N–H and O–H groups in total. The topological polar surface area (TPSA) is 101 Å². The Hall–Kier alpha value is -2.22. The number of nitrogens with two attached hydrogens (primary N) is 1. The summed E-state index contributed by atoms with van der Waals surface area (Å²) in [4.78, 5) is 12.2. The van der Waals surface area contributed by atoms with E-state index in [2.05, 4.69) is 10.0 Å². The van der Waals surface area contributed by atoms with Gasteiger partial charge in [-0.2, -0.15) is 0 Å². The maximum atomic E-state index is 12.7. The molecule has 0 aliphatic heterocycles. The molecule has 2 aromatic carbocycles. The van der Waals surface area contributed by atoms with Crippen LogP contribution in [0.5, 0.6) is 0 Å². The molecular weight excluding hydrogens is 350 g/mol. The van der Waals surface area contributed by atoms with Gasteiger partial charge in [0, 0.05) is 6.54 Å². The molecular formula is C19H25N3O3S. The summed E-state index contributed by atoms with van der Waals surface area (Å²) in [6, 6.07) is 13.1. The first-order valence-corrected chi connectivity index (χ1v) is 9.87. The lowest BCUT2D eigenvalue weighted by Gasteiger charge is -2.21. The third-order valence-electron chi connectivity index (χ3n) is 4.03. The van der Waals surface area contributed by atoms with Crippen LogP contribution in [-0.4, -0.2) is 26.9 Å². The van der Waals surface area contributed by atoms with Crippen LogP contribution in [0.1, 0.15) is 29.7 Å². The molecule has 0 spiro atoms. The number of carbonyl (C=O) groups is 1. The lowest BCUT2D eigenvalue weighted by Crippen LogP contribution is -2.44. The molecule has 2 rings (SSSR count). The Bertz CT molecular complexity index is 865. The Kier molecular flexibility index (Phi) is 6.52. The van der Waals surface area contributed by atoms with Crippen molar-refractivity contribution in [1.82, 2.24) is 10.0 Å². The van der Waals surface area contributed by atoms with Crippen LogP contribution >= 0.6 is 0 Å². The van der Waals surface area contributed by atoms with Gasteiger partial charge in [-0.3, -0.25) is 4.79 Å². The first kappa shape index (κ1) is 20.1. The van der Waals surface area contributed by atoms with E-state index in [1.165, 1.54) is 0 Å². The highest BCUT2D eigenvalue weighted by Crippen LogP contribution is 2.18. The molecule has 0 saturated carbocycles. The van der Waals surface area contributed by atoms with Gasteiger partial charge in [0.2, 0.25) is 15.9 Å². The van der Waals surface area contributed by atoms with Gasteiger partial charge >= 0.3 is 0 Å². The highest BCUT2D eigenvalue weighted by atomic mass is 32.2. The summed E-state index contributed by atoms with van der Waals surface area (Å²) in [6.45, 7) is 5.27. The van der Waals surface area contributed by atoms with Gasteiger partial charge in [-0.15, -0.1) is 0 Å². The highest BCUT2D eigenvalue weighted by Gasteiger charge is 2.22. The van der Waals surface area contributed by atoms with Crippen molar-refractivity contribution in [2.24, 2.45) is 5.73 Å². The number of rotatable bonds is 7. The summed E-state index contributed by atoms with van der Waals surface area (Å²) in [5.74, 6) is -0.343. The maximum absolute atomic E-state index is 12.7. The van der Waals surface area contributed by atoms with E-state index in [4.69, 9.17) is 5.73 Å². The molecule has 2 atom stereocenters. The molecule has 0 radical (unpaired) electrons. The normalized spacial score (nSPS) is 13.8. The van der Waals surface area contributed by atoms with Gasteiger partial charge in [-0.1, -0.05) is 48.0 Å². The largest absolute Gasteiger partial charge is 0.347 e. The van der Waals surface area contributed by atoms with Gasteiger partial charge in [0.1, 0.15) is 0 Å². The van der Waals surface area contributed by atoms with Crippen molar-refractivity contribution >= 4 is 15.9 Å². The Morgan fingerprint density at radius 1 is 1.12 bits per heavy atom. The second-order valence-electron chi connectivity index (χ2n) is 6.38. The van der Waals surface area contributed by atoms with E-state index in [1.807, 2.05) is 43.3 Å². The first-order chi connectivity index (χ1) is 12.2. The van der Waals surface area contributed by atoms with Crippen LogP contribution in [0, 0.1) is 13.8 Å². The second-order valence-corrected chi connectivity index (χ2v) is 8.12. The number of hydrogen-bond donors (Lipinski definition) is 3. The van der Waals surface area contributed by atoms with Crippen molar-refractivity contribution in [2.45, 2.75) is 37.8 Å². The minimum atomic E-state index is -3.70. The smallest absolute Gasteiger partial charge is 0.240 e. The summed E-state index contributed by atoms with van der Waals surface area (Å²) in [5.41, 5.74) is 8.08. The number of sulfonamides is 1. The molecule has 0 heterocycles. The zero-order valence-corrected chi connectivity index (χ0v) is 16.0. The molecule has 6 nitrogen and oxygen atoms in total. The third-order valence-corrected chi connectivity index (χ3v) is 5.61. The van der Waals surface area contributed by atoms with E-state index in [9.17, 15) is 13.2 Å². The van der Waals surface area contributed by atoms with Crippen molar-refractivity contribution < 1.29 is 13.2 Å². The number of hydrogen-bond acceptors (Lipinski definition) is 4. The van der Waals surface area contributed by atoms with Gasteiger partial charge in [0.05, 0.1) is 17.0 Å².